The number of benzene rings is 1. The van der Waals surface area contributed by atoms with Crippen LogP contribution < -0.4 is 4.90 Å². The summed E-state index contributed by atoms with van der Waals surface area (Å²) in [4.78, 5) is 46.4. The molecule has 35 heavy (non-hydrogen) atoms. The zero-order valence-corrected chi connectivity index (χ0v) is 20.6. The van der Waals surface area contributed by atoms with Crippen LogP contribution in [-0.2, 0) is 19.1 Å². The highest BCUT2D eigenvalue weighted by Gasteiger charge is 2.71. The number of ether oxygens (including phenoxy) is 1. The Balaban J connectivity index is 1.62. The van der Waals surface area contributed by atoms with Gasteiger partial charge in [0.15, 0.2) is 0 Å². The van der Waals surface area contributed by atoms with Gasteiger partial charge in [0.1, 0.15) is 11.6 Å². The summed E-state index contributed by atoms with van der Waals surface area (Å²) in [6.45, 7) is 4.84. The maximum atomic E-state index is 14.2. The van der Waals surface area contributed by atoms with E-state index in [1.165, 1.54) is 4.90 Å². The van der Waals surface area contributed by atoms with Crippen molar-refractivity contribution in [2.24, 2.45) is 11.8 Å². The summed E-state index contributed by atoms with van der Waals surface area (Å²) in [6.07, 6.45) is 7.57. The lowest BCUT2D eigenvalue weighted by Gasteiger charge is -2.35. The van der Waals surface area contributed by atoms with E-state index in [1.807, 2.05) is 44.2 Å². The van der Waals surface area contributed by atoms with E-state index in [0.29, 0.717) is 23.8 Å². The van der Waals surface area contributed by atoms with Gasteiger partial charge in [-0.05, 0) is 25.0 Å². The summed E-state index contributed by atoms with van der Waals surface area (Å²) in [5, 5.41) is 10.2. The summed E-state index contributed by atoms with van der Waals surface area (Å²) in [7, 11) is 0. The smallest absolute Gasteiger partial charge is 0.253 e. The number of aliphatic hydroxyl groups is 1. The number of amides is 3. The van der Waals surface area contributed by atoms with Crippen molar-refractivity contribution in [3.05, 3.63) is 53.1 Å². The third kappa shape index (κ3) is 3.53. The van der Waals surface area contributed by atoms with Crippen LogP contribution in [0.4, 0.5) is 5.69 Å². The van der Waals surface area contributed by atoms with E-state index in [9.17, 15) is 19.5 Å². The molecule has 9 heteroatoms. The fraction of sp³-hybridized carbons (Fsp3) is 0.500. The first-order valence-electron chi connectivity index (χ1n) is 12.1. The lowest BCUT2D eigenvalue weighted by molar-refractivity contribution is -0.144. The number of fused-ring (bicyclic) bond motifs is 2. The zero-order valence-electron chi connectivity index (χ0n) is 19.9. The second-order valence-electron chi connectivity index (χ2n) is 9.57. The Morgan fingerprint density at radius 3 is 2.63 bits per heavy atom. The number of carbonyl (C=O) groups is 3. The molecule has 4 heterocycles. The number of carbonyl (C=O) groups excluding carboxylic acids is 3. The molecule has 2 saturated heterocycles. The molecule has 186 valence electrons. The first-order valence-corrected chi connectivity index (χ1v) is 12.5. The molecule has 0 bridgehead atoms. The lowest BCUT2D eigenvalue weighted by Crippen LogP contribution is -2.56. The molecule has 5 rings (SSSR count). The number of likely N-dealkylation sites (tertiary alicyclic amines) is 1. The first kappa shape index (κ1) is 24.0. The summed E-state index contributed by atoms with van der Waals surface area (Å²) < 4.78 is 6.55. The number of hydrogen-bond donors (Lipinski definition) is 1. The van der Waals surface area contributed by atoms with Crippen LogP contribution in [0, 0.1) is 18.8 Å². The molecule has 0 aromatic heterocycles. The van der Waals surface area contributed by atoms with Gasteiger partial charge in [0.2, 0.25) is 11.8 Å². The highest BCUT2D eigenvalue weighted by molar-refractivity contribution is 6.34. The predicted molar refractivity (Wildman–Crippen MR) is 131 cm³/mol. The molecular formula is C26H30ClN3O5. The molecule has 0 saturated carbocycles. The van der Waals surface area contributed by atoms with Gasteiger partial charge in [-0.2, -0.15) is 0 Å². The van der Waals surface area contributed by atoms with Crippen LogP contribution in [0.3, 0.4) is 0 Å². The SMILES string of the molecule is CCCN1CC=C[C@H]2O[C@]34C=CCN(c5c(C)cccc5Cl)C(=O)C3N(CCO)C(=O)[C@@H]4[C@H]2C1=O. The molecule has 8 nitrogen and oxygen atoms in total. The van der Waals surface area contributed by atoms with Crippen LogP contribution >= 0.6 is 11.6 Å². The third-order valence-corrected chi connectivity index (χ3v) is 7.84. The number of aryl methyl sites for hydroxylation is 1. The standard InChI is InChI=1S/C26H30ClN3O5/c1-3-11-28-12-5-9-18-19(23(28)32)20-24(33)30(14-15-31)22-25(34)29(13-6-10-26(20,22)35-18)21-16(2)7-4-8-17(21)27/h4-10,18-20,22,31H,3,11-15H2,1-2H3/t18-,19+,20+,22?,26+/m1/s1. The third-order valence-electron chi connectivity index (χ3n) is 7.54. The maximum Gasteiger partial charge on any atom is 0.253 e. The summed E-state index contributed by atoms with van der Waals surface area (Å²) in [6, 6.07) is 4.41. The van der Waals surface area contributed by atoms with E-state index >= 15 is 0 Å². The molecule has 1 unspecified atom stereocenters. The summed E-state index contributed by atoms with van der Waals surface area (Å²) >= 11 is 6.51. The lowest BCUT2D eigenvalue weighted by atomic mass is 9.77. The average Bonchev–Trinajstić information content (AvgIpc) is 3.13. The fourth-order valence-corrected chi connectivity index (χ4v) is 6.50. The fourth-order valence-electron chi connectivity index (χ4n) is 6.17. The molecule has 4 aliphatic rings. The van der Waals surface area contributed by atoms with Gasteiger partial charge in [0.05, 0.1) is 35.3 Å². The Labute approximate surface area is 209 Å². The average molecular weight is 500 g/mol. The first-order chi connectivity index (χ1) is 16.9. The van der Waals surface area contributed by atoms with E-state index in [0.717, 1.165) is 12.0 Å². The molecule has 3 amide bonds. The molecule has 1 aromatic rings. The van der Waals surface area contributed by atoms with E-state index in [2.05, 4.69) is 0 Å². The van der Waals surface area contributed by atoms with E-state index < -0.39 is 29.6 Å². The van der Waals surface area contributed by atoms with Gasteiger partial charge >= 0.3 is 0 Å². The van der Waals surface area contributed by atoms with Gasteiger partial charge < -0.3 is 24.5 Å². The molecule has 5 atom stereocenters. The number of anilines is 1. The number of halogens is 1. The minimum Gasteiger partial charge on any atom is -0.395 e. The van der Waals surface area contributed by atoms with Crippen molar-refractivity contribution in [2.45, 2.75) is 38.0 Å². The van der Waals surface area contributed by atoms with Crippen LogP contribution in [-0.4, -0.2) is 83.2 Å². The summed E-state index contributed by atoms with van der Waals surface area (Å²) in [5.74, 6) is -2.40. The van der Waals surface area contributed by atoms with Crippen LogP contribution in [0.5, 0.6) is 0 Å². The minimum absolute atomic E-state index is 0.0277. The number of rotatable bonds is 5. The molecule has 1 spiro atoms. The Bertz CT molecular complexity index is 1100. The molecule has 2 fully saturated rings. The van der Waals surface area contributed by atoms with E-state index in [4.69, 9.17) is 16.3 Å². The van der Waals surface area contributed by atoms with Crippen LogP contribution in [0.25, 0.3) is 0 Å². The second kappa shape index (κ2) is 9.08. The van der Waals surface area contributed by atoms with Gasteiger partial charge in [0.25, 0.3) is 5.91 Å². The minimum atomic E-state index is -1.31. The largest absolute Gasteiger partial charge is 0.395 e. The van der Waals surface area contributed by atoms with Crippen molar-refractivity contribution in [3.8, 4) is 0 Å². The quantitative estimate of drug-likeness (QED) is 0.625. The maximum absolute atomic E-state index is 14.2. The normalized spacial score (nSPS) is 32.0. The monoisotopic (exact) mass is 499 g/mol. The van der Waals surface area contributed by atoms with Crippen LogP contribution in [0.2, 0.25) is 5.02 Å². The Kier molecular flexibility index (Phi) is 6.23. The van der Waals surface area contributed by atoms with Crippen LogP contribution in [0.1, 0.15) is 18.9 Å². The van der Waals surface area contributed by atoms with E-state index in [-0.39, 0.29) is 37.4 Å². The Morgan fingerprint density at radius 1 is 1.11 bits per heavy atom. The van der Waals surface area contributed by atoms with Crippen molar-refractivity contribution < 1.29 is 24.2 Å². The molecular weight excluding hydrogens is 470 g/mol. The Morgan fingerprint density at radius 2 is 1.91 bits per heavy atom. The van der Waals surface area contributed by atoms with Gasteiger partial charge in [-0.1, -0.05) is 55.0 Å². The molecule has 4 aliphatic heterocycles. The van der Waals surface area contributed by atoms with Gasteiger partial charge in [-0.15, -0.1) is 0 Å². The number of β-amino-alcohol motifs (C(OH)–C–C–N with tert-alkyl or cyclic N) is 1. The highest BCUT2D eigenvalue weighted by atomic mass is 35.5. The van der Waals surface area contributed by atoms with Gasteiger partial charge in [-0.25, -0.2) is 0 Å². The molecule has 1 aromatic carbocycles. The summed E-state index contributed by atoms with van der Waals surface area (Å²) in [5.41, 5.74) is 0.103. The number of aliphatic hydroxyl groups excluding tert-OH is 1. The second-order valence-corrected chi connectivity index (χ2v) is 9.97. The van der Waals surface area contributed by atoms with E-state index in [1.54, 1.807) is 21.9 Å². The van der Waals surface area contributed by atoms with Gasteiger partial charge in [-0.3, -0.25) is 14.4 Å². The number of nitrogens with zero attached hydrogens (tertiary/aromatic N) is 3. The topological polar surface area (TPSA) is 90.4 Å². The van der Waals surface area contributed by atoms with Crippen LogP contribution in [0.15, 0.2) is 42.5 Å². The molecule has 0 radical (unpaired) electrons. The number of para-hydroxylation sites is 1. The van der Waals surface area contributed by atoms with Crippen molar-refractivity contribution in [3.63, 3.8) is 0 Å². The number of hydrogen-bond acceptors (Lipinski definition) is 5. The predicted octanol–water partition coefficient (Wildman–Crippen LogP) is 1.93. The molecule has 1 N–H and O–H groups in total. The molecule has 0 aliphatic carbocycles. The van der Waals surface area contributed by atoms with Crippen molar-refractivity contribution >= 4 is 35.0 Å². The van der Waals surface area contributed by atoms with Crippen molar-refractivity contribution in [1.82, 2.24) is 9.80 Å². The van der Waals surface area contributed by atoms with Crippen molar-refractivity contribution in [2.75, 3.05) is 37.7 Å². The van der Waals surface area contributed by atoms with Crippen molar-refractivity contribution in [1.29, 1.82) is 0 Å². The Hall–Kier alpha value is -2.68. The highest BCUT2D eigenvalue weighted by Crippen LogP contribution is 2.53. The van der Waals surface area contributed by atoms with Gasteiger partial charge in [0, 0.05) is 26.2 Å². The zero-order chi connectivity index (χ0) is 24.9.